The number of hydrogen-bond donors (Lipinski definition) is 1. The molecule has 3 heteroatoms. The Morgan fingerprint density at radius 1 is 1.18 bits per heavy atom. The van der Waals surface area contributed by atoms with E-state index in [1.807, 2.05) is 0 Å². The average molecular weight is 230 g/mol. The molecule has 0 aliphatic heterocycles. The van der Waals surface area contributed by atoms with Crippen LogP contribution in [0.1, 0.15) is 31.9 Å². The van der Waals surface area contributed by atoms with Gasteiger partial charge in [-0.3, -0.25) is 0 Å². The number of hydrogen-bond acceptors (Lipinski definition) is 3. The SMILES string of the molecule is Cc1ccc(C(C)(C)C)cc1-c1cnoc1N. The number of rotatable bonds is 1. The summed E-state index contributed by atoms with van der Waals surface area (Å²) in [5.41, 5.74) is 10.3. The molecule has 17 heavy (non-hydrogen) atoms. The van der Waals surface area contributed by atoms with Gasteiger partial charge in [0.15, 0.2) is 0 Å². The van der Waals surface area contributed by atoms with E-state index < -0.39 is 0 Å². The maximum atomic E-state index is 5.77. The van der Waals surface area contributed by atoms with E-state index in [0.29, 0.717) is 5.88 Å². The van der Waals surface area contributed by atoms with Gasteiger partial charge in [0.2, 0.25) is 5.88 Å². The largest absolute Gasteiger partial charge is 0.367 e. The number of nitrogens with zero attached hydrogens (tertiary/aromatic N) is 1. The van der Waals surface area contributed by atoms with Gasteiger partial charge in [0.05, 0.1) is 11.8 Å². The van der Waals surface area contributed by atoms with E-state index in [4.69, 9.17) is 10.3 Å². The second-order valence-electron chi connectivity index (χ2n) is 5.38. The van der Waals surface area contributed by atoms with E-state index in [9.17, 15) is 0 Å². The minimum Gasteiger partial charge on any atom is -0.367 e. The lowest BCUT2D eigenvalue weighted by molar-refractivity contribution is 0.436. The molecule has 0 saturated heterocycles. The molecule has 0 aliphatic carbocycles. The predicted octanol–water partition coefficient (Wildman–Crippen LogP) is 3.53. The lowest BCUT2D eigenvalue weighted by Crippen LogP contribution is -2.11. The number of nitrogen functional groups attached to an aromatic ring is 1. The van der Waals surface area contributed by atoms with E-state index >= 15 is 0 Å². The number of nitrogens with two attached hydrogens (primary N) is 1. The van der Waals surface area contributed by atoms with Crippen LogP contribution in [0.25, 0.3) is 11.1 Å². The zero-order chi connectivity index (χ0) is 12.6. The van der Waals surface area contributed by atoms with E-state index in [-0.39, 0.29) is 5.41 Å². The molecule has 90 valence electrons. The van der Waals surface area contributed by atoms with Crippen LogP contribution in [0.4, 0.5) is 5.88 Å². The molecular weight excluding hydrogens is 212 g/mol. The summed E-state index contributed by atoms with van der Waals surface area (Å²) >= 11 is 0. The van der Waals surface area contributed by atoms with Crippen LogP contribution in [-0.2, 0) is 5.41 Å². The van der Waals surface area contributed by atoms with Gasteiger partial charge in [-0.15, -0.1) is 0 Å². The third-order valence-corrected chi connectivity index (χ3v) is 2.99. The number of anilines is 1. The normalized spacial score (nSPS) is 11.8. The highest BCUT2D eigenvalue weighted by Gasteiger charge is 2.17. The molecule has 1 aromatic heterocycles. The molecule has 0 aliphatic rings. The third kappa shape index (κ3) is 2.18. The van der Waals surface area contributed by atoms with Gasteiger partial charge < -0.3 is 10.3 Å². The lowest BCUT2D eigenvalue weighted by atomic mass is 9.84. The molecule has 0 radical (unpaired) electrons. The molecule has 2 aromatic rings. The number of aryl methyl sites for hydroxylation is 1. The highest BCUT2D eigenvalue weighted by Crippen LogP contribution is 2.32. The zero-order valence-electron chi connectivity index (χ0n) is 10.7. The molecule has 0 fully saturated rings. The summed E-state index contributed by atoms with van der Waals surface area (Å²) in [5, 5.41) is 3.73. The third-order valence-electron chi connectivity index (χ3n) is 2.99. The Morgan fingerprint density at radius 3 is 2.41 bits per heavy atom. The van der Waals surface area contributed by atoms with Crippen molar-refractivity contribution in [3.63, 3.8) is 0 Å². The second-order valence-corrected chi connectivity index (χ2v) is 5.38. The first-order chi connectivity index (χ1) is 7.89. The van der Waals surface area contributed by atoms with Crippen LogP contribution in [0.15, 0.2) is 28.9 Å². The molecule has 0 saturated carbocycles. The van der Waals surface area contributed by atoms with Crippen molar-refractivity contribution in [2.24, 2.45) is 0 Å². The van der Waals surface area contributed by atoms with Gasteiger partial charge in [-0.1, -0.05) is 44.1 Å². The van der Waals surface area contributed by atoms with Crippen LogP contribution < -0.4 is 5.73 Å². The Hall–Kier alpha value is -1.77. The fourth-order valence-electron chi connectivity index (χ4n) is 1.83. The molecule has 3 nitrogen and oxygen atoms in total. The molecule has 0 unspecified atom stereocenters. The molecule has 1 heterocycles. The summed E-state index contributed by atoms with van der Waals surface area (Å²) in [4.78, 5) is 0. The summed E-state index contributed by atoms with van der Waals surface area (Å²) < 4.78 is 4.93. The smallest absolute Gasteiger partial charge is 0.229 e. The molecule has 0 atom stereocenters. The van der Waals surface area contributed by atoms with Crippen LogP contribution in [0, 0.1) is 6.92 Å². The fourth-order valence-corrected chi connectivity index (χ4v) is 1.83. The van der Waals surface area contributed by atoms with E-state index in [0.717, 1.165) is 11.1 Å². The fraction of sp³-hybridized carbons (Fsp3) is 0.357. The van der Waals surface area contributed by atoms with Crippen molar-refractivity contribution in [2.75, 3.05) is 5.73 Å². The lowest BCUT2D eigenvalue weighted by Gasteiger charge is -2.20. The van der Waals surface area contributed by atoms with Crippen molar-refractivity contribution >= 4 is 5.88 Å². The Kier molecular flexibility index (Phi) is 2.69. The predicted molar refractivity (Wildman–Crippen MR) is 69.8 cm³/mol. The molecule has 1 aromatic carbocycles. The van der Waals surface area contributed by atoms with Crippen molar-refractivity contribution in [2.45, 2.75) is 33.1 Å². The van der Waals surface area contributed by atoms with Gasteiger partial charge in [-0.25, -0.2) is 0 Å². The summed E-state index contributed by atoms with van der Waals surface area (Å²) in [6.45, 7) is 8.64. The summed E-state index contributed by atoms with van der Waals surface area (Å²) in [5.74, 6) is 0.374. The van der Waals surface area contributed by atoms with Gasteiger partial charge >= 0.3 is 0 Å². The average Bonchev–Trinajstić information content (AvgIpc) is 2.63. The first-order valence-corrected chi connectivity index (χ1v) is 5.71. The molecule has 2 rings (SSSR count). The van der Waals surface area contributed by atoms with Crippen LogP contribution in [0.5, 0.6) is 0 Å². The topological polar surface area (TPSA) is 52.0 Å². The highest BCUT2D eigenvalue weighted by molar-refractivity contribution is 5.75. The molecule has 0 bridgehead atoms. The van der Waals surface area contributed by atoms with Crippen molar-refractivity contribution in [1.29, 1.82) is 0 Å². The molecule has 0 spiro atoms. The number of aromatic nitrogens is 1. The quantitative estimate of drug-likeness (QED) is 0.815. The minimum absolute atomic E-state index is 0.119. The van der Waals surface area contributed by atoms with Crippen molar-refractivity contribution in [1.82, 2.24) is 5.16 Å². The van der Waals surface area contributed by atoms with Gasteiger partial charge in [0, 0.05) is 0 Å². The van der Waals surface area contributed by atoms with Crippen molar-refractivity contribution in [3.05, 3.63) is 35.5 Å². The Bertz CT molecular complexity index is 535. The van der Waals surface area contributed by atoms with Crippen LogP contribution in [0.2, 0.25) is 0 Å². The van der Waals surface area contributed by atoms with Gasteiger partial charge in [-0.05, 0) is 29.0 Å². The minimum atomic E-state index is 0.119. The molecular formula is C14H18N2O. The van der Waals surface area contributed by atoms with Crippen molar-refractivity contribution in [3.8, 4) is 11.1 Å². The summed E-state index contributed by atoms with van der Waals surface area (Å²) in [6.07, 6.45) is 1.67. The summed E-state index contributed by atoms with van der Waals surface area (Å²) in [7, 11) is 0. The standard InChI is InChI=1S/C14H18N2O/c1-9-5-6-10(14(2,3)4)7-11(9)12-8-16-17-13(12)15/h5-8H,15H2,1-4H3. The van der Waals surface area contributed by atoms with Crippen LogP contribution >= 0.6 is 0 Å². The Balaban J connectivity index is 2.58. The summed E-state index contributed by atoms with van der Waals surface area (Å²) in [6, 6.07) is 6.43. The van der Waals surface area contributed by atoms with Crippen LogP contribution in [0.3, 0.4) is 0 Å². The van der Waals surface area contributed by atoms with E-state index in [1.54, 1.807) is 6.20 Å². The van der Waals surface area contributed by atoms with Gasteiger partial charge in [0.1, 0.15) is 0 Å². The second kappa shape index (κ2) is 3.91. The first-order valence-electron chi connectivity index (χ1n) is 5.71. The first kappa shape index (κ1) is 11.7. The van der Waals surface area contributed by atoms with Gasteiger partial charge in [0.25, 0.3) is 0 Å². The van der Waals surface area contributed by atoms with Crippen LogP contribution in [-0.4, -0.2) is 5.16 Å². The number of benzene rings is 1. The maximum Gasteiger partial charge on any atom is 0.229 e. The highest BCUT2D eigenvalue weighted by atomic mass is 16.5. The van der Waals surface area contributed by atoms with Gasteiger partial charge in [-0.2, -0.15) is 0 Å². The zero-order valence-corrected chi connectivity index (χ0v) is 10.7. The Labute approximate surface area is 102 Å². The monoisotopic (exact) mass is 230 g/mol. The van der Waals surface area contributed by atoms with Crippen molar-refractivity contribution < 1.29 is 4.52 Å². The van der Waals surface area contributed by atoms with E-state index in [2.05, 4.69) is 51.1 Å². The molecule has 2 N–H and O–H groups in total. The molecule has 0 amide bonds. The van der Waals surface area contributed by atoms with E-state index in [1.165, 1.54) is 11.1 Å². The maximum absolute atomic E-state index is 5.77. The Morgan fingerprint density at radius 2 is 1.88 bits per heavy atom.